The molecule has 0 aromatic heterocycles. The second kappa shape index (κ2) is 11.4. The molecule has 0 saturated heterocycles. The van der Waals surface area contributed by atoms with Gasteiger partial charge in [0.2, 0.25) is 0 Å². The zero-order chi connectivity index (χ0) is 15.3. The largest absolute Gasteiger partial charge is 0.493 e. The molecule has 0 spiro atoms. The normalized spacial score (nSPS) is 10.6. The Labute approximate surface area is 128 Å². The van der Waals surface area contributed by atoms with E-state index < -0.39 is 0 Å². The van der Waals surface area contributed by atoms with Crippen molar-refractivity contribution in [1.82, 2.24) is 5.32 Å². The Kier molecular flexibility index (Phi) is 9.66. The van der Waals surface area contributed by atoms with Crippen molar-refractivity contribution < 1.29 is 14.2 Å². The highest BCUT2D eigenvalue weighted by molar-refractivity contribution is 5.40. The molecule has 1 aromatic rings. The van der Waals surface area contributed by atoms with E-state index in [0.717, 1.165) is 57.1 Å². The van der Waals surface area contributed by atoms with Gasteiger partial charge in [-0.3, -0.25) is 0 Å². The molecular weight excluding hydrogens is 266 g/mol. The molecule has 0 aliphatic rings. The van der Waals surface area contributed by atoms with Crippen LogP contribution < -0.4 is 14.8 Å². The number of rotatable bonds is 12. The highest BCUT2D eigenvalue weighted by Crippen LogP contribution is 2.25. The quantitative estimate of drug-likeness (QED) is 0.600. The van der Waals surface area contributed by atoms with Gasteiger partial charge in [0, 0.05) is 31.9 Å². The van der Waals surface area contributed by atoms with Crippen LogP contribution in [-0.2, 0) is 11.3 Å². The van der Waals surface area contributed by atoms with Crippen molar-refractivity contribution >= 4 is 0 Å². The lowest BCUT2D eigenvalue weighted by Gasteiger charge is -2.14. The molecule has 0 saturated carbocycles. The van der Waals surface area contributed by atoms with Crippen LogP contribution in [0.2, 0.25) is 0 Å². The maximum absolute atomic E-state index is 5.93. The molecule has 0 atom stereocenters. The molecule has 21 heavy (non-hydrogen) atoms. The van der Waals surface area contributed by atoms with Gasteiger partial charge < -0.3 is 19.5 Å². The second-order valence-electron chi connectivity index (χ2n) is 4.95. The molecule has 4 nitrogen and oxygen atoms in total. The molecule has 1 rings (SSSR count). The fourth-order valence-corrected chi connectivity index (χ4v) is 1.92. The fraction of sp³-hybridized carbons (Fsp3) is 0.647. The molecule has 0 heterocycles. The number of benzene rings is 1. The molecule has 0 fully saturated rings. The van der Waals surface area contributed by atoms with Crippen molar-refractivity contribution in [3.05, 3.63) is 23.8 Å². The molecule has 0 aliphatic heterocycles. The highest BCUT2D eigenvalue weighted by Gasteiger charge is 2.06. The lowest BCUT2D eigenvalue weighted by atomic mass is 10.2. The molecule has 1 aromatic carbocycles. The van der Waals surface area contributed by atoms with Gasteiger partial charge in [0.15, 0.2) is 0 Å². The van der Waals surface area contributed by atoms with Crippen LogP contribution in [0.25, 0.3) is 0 Å². The Morgan fingerprint density at radius 2 is 1.81 bits per heavy atom. The zero-order valence-electron chi connectivity index (χ0n) is 13.6. The van der Waals surface area contributed by atoms with Crippen LogP contribution in [0.15, 0.2) is 18.2 Å². The van der Waals surface area contributed by atoms with Crippen molar-refractivity contribution in [1.29, 1.82) is 0 Å². The van der Waals surface area contributed by atoms with Gasteiger partial charge in [-0.2, -0.15) is 0 Å². The van der Waals surface area contributed by atoms with E-state index in [1.54, 1.807) is 7.11 Å². The third-order valence-corrected chi connectivity index (χ3v) is 3.08. The summed E-state index contributed by atoms with van der Waals surface area (Å²) in [5, 5.41) is 3.34. The molecule has 1 N–H and O–H groups in total. The lowest BCUT2D eigenvalue weighted by Crippen LogP contribution is -2.13. The van der Waals surface area contributed by atoms with Crippen LogP contribution in [0.1, 0.15) is 38.7 Å². The van der Waals surface area contributed by atoms with Crippen LogP contribution in [-0.4, -0.2) is 33.5 Å². The number of ether oxygens (including phenoxy) is 3. The predicted molar refractivity (Wildman–Crippen MR) is 86.2 cm³/mol. The van der Waals surface area contributed by atoms with E-state index in [0.29, 0.717) is 6.61 Å². The summed E-state index contributed by atoms with van der Waals surface area (Å²) in [5.74, 6) is 1.80. The van der Waals surface area contributed by atoms with Crippen molar-refractivity contribution in [2.45, 2.75) is 39.7 Å². The number of hydrogen-bond donors (Lipinski definition) is 1. The molecule has 120 valence electrons. The van der Waals surface area contributed by atoms with Crippen LogP contribution in [0.5, 0.6) is 11.5 Å². The van der Waals surface area contributed by atoms with Gasteiger partial charge in [-0.1, -0.05) is 19.9 Å². The van der Waals surface area contributed by atoms with Gasteiger partial charge in [-0.25, -0.2) is 0 Å². The van der Waals surface area contributed by atoms with Gasteiger partial charge in [0.25, 0.3) is 0 Å². The van der Waals surface area contributed by atoms with Crippen LogP contribution in [0.3, 0.4) is 0 Å². The third-order valence-electron chi connectivity index (χ3n) is 3.08. The Hall–Kier alpha value is -1.26. The maximum atomic E-state index is 5.93. The summed E-state index contributed by atoms with van der Waals surface area (Å²) < 4.78 is 16.7. The van der Waals surface area contributed by atoms with Crippen LogP contribution in [0.4, 0.5) is 0 Å². The summed E-state index contributed by atoms with van der Waals surface area (Å²) in [6.07, 6.45) is 3.02. The average molecular weight is 295 g/mol. The highest BCUT2D eigenvalue weighted by atomic mass is 16.5. The summed E-state index contributed by atoms with van der Waals surface area (Å²) in [6.45, 7) is 8.20. The Morgan fingerprint density at radius 3 is 2.52 bits per heavy atom. The summed E-state index contributed by atoms with van der Waals surface area (Å²) in [6, 6.07) is 6.09. The molecule has 0 aliphatic carbocycles. The van der Waals surface area contributed by atoms with Crippen molar-refractivity contribution in [2.75, 3.05) is 33.5 Å². The number of unbranched alkanes of at least 4 members (excludes halogenated alkanes) is 1. The summed E-state index contributed by atoms with van der Waals surface area (Å²) >= 11 is 0. The van der Waals surface area contributed by atoms with Gasteiger partial charge in [0.05, 0.1) is 13.2 Å². The van der Waals surface area contributed by atoms with E-state index in [2.05, 4.69) is 25.2 Å². The molecule has 0 bridgehead atoms. The summed E-state index contributed by atoms with van der Waals surface area (Å²) in [5.41, 5.74) is 1.17. The first-order valence-electron chi connectivity index (χ1n) is 7.90. The minimum absolute atomic E-state index is 0.708. The van der Waals surface area contributed by atoms with E-state index >= 15 is 0 Å². The van der Waals surface area contributed by atoms with E-state index in [-0.39, 0.29) is 0 Å². The van der Waals surface area contributed by atoms with Gasteiger partial charge in [-0.15, -0.1) is 0 Å². The van der Waals surface area contributed by atoms with E-state index in [1.165, 1.54) is 5.56 Å². The number of nitrogens with one attached hydrogen (secondary N) is 1. The van der Waals surface area contributed by atoms with Crippen molar-refractivity contribution in [2.24, 2.45) is 0 Å². The van der Waals surface area contributed by atoms with E-state index in [9.17, 15) is 0 Å². The zero-order valence-corrected chi connectivity index (χ0v) is 13.6. The standard InChI is InChI=1S/C17H29NO3/c1-4-10-20-16-9-8-15(14-18-5-2)17(13-16)21-12-7-6-11-19-3/h8-9,13,18H,4-7,10-12,14H2,1-3H3. The summed E-state index contributed by atoms with van der Waals surface area (Å²) in [7, 11) is 1.73. The first-order valence-corrected chi connectivity index (χ1v) is 7.90. The number of methoxy groups -OCH3 is 1. The molecular formula is C17H29NO3. The van der Waals surface area contributed by atoms with Crippen LogP contribution >= 0.6 is 0 Å². The first kappa shape index (κ1) is 17.8. The Morgan fingerprint density at radius 1 is 1.00 bits per heavy atom. The smallest absolute Gasteiger partial charge is 0.127 e. The minimum atomic E-state index is 0.708. The summed E-state index contributed by atoms with van der Waals surface area (Å²) in [4.78, 5) is 0. The number of hydrogen-bond acceptors (Lipinski definition) is 4. The predicted octanol–water partition coefficient (Wildman–Crippen LogP) is 3.39. The average Bonchev–Trinajstić information content (AvgIpc) is 2.51. The van der Waals surface area contributed by atoms with Crippen LogP contribution in [0, 0.1) is 0 Å². The third kappa shape index (κ3) is 7.34. The molecule has 0 unspecified atom stereocenters. The molecule has 0 radical (unpaired) electrons. The van der Waals surface area contributed by atoms with E-state index in [1.807, 2.05) is 12.1 Å². The molecule has 0 amide bonds. The monoisotopic (exact) mass is 295 g/mol. The Bertz CT molecular complexity index is 382. The Balaban J connectivity index is 2.60. The lowest BCUT2D eigenvalue weighted by molar-refractivity contribution is 0.184. The minimum Gasteiger partial charge on any atom is -0.493 e. The van der Waals surface area contributed by atoms with Crippen molar-refractivity contribution in [3.63, 3.8) is 0 Å². The maximum Gasteiger partial charge on any atom is 0.127 e. The van der Waals surface area contributed by atoms with Gasteiger partial charge >= 0.3 is 0 Å². The van der Waals surface area contributed by atoms with E-state index in [4.69, 9.17) is 14.2 Å². The molecule has 4 heteroatoms. The second-order valence-corrected chi connectivity index (χ2v) is 4.95. The van der Waals surface area contributed by atoms with Gasteiger partial charge in [0.1, 0.15) is 11.5 Å². The fourth-order valence-electron chi connectivity index (χ4n) is 1.92. The first-order chi connectivity index (χ1) is 10.3. The topological polar surface area (TPSA) is 39.7 Å². The van der Waals surface area contributed by atoms with Gasteiger partial charge in [-0.05, 0) is 31.9 Å². The van der Waals surface area contributed by atoms with Crippen molar-refractivity contribution in [3.8, 4) is 11.5 Å². The SMILES string of the molecule is CCCOc1ccc(CNCC)c(OCCCCOC)c1.